The quantitative estimate of drug-likeness (QED) is 0.486. The van der Waals surface area contributed by atoms with Crippen molar-refractivity contribution in [2.75, 3.05) is 6.26 Å². The maximum Gasteiger partial charge on any atom is 0.343 e. The van der Waals surface area contributed by atoms with Crippen LogP contribution in [0.4, 0.5) is 0 Å². The SMILES string of the molecule is CS(=O)(=O)c1ccc(CC2OC(=O)c3c(-c4ccco4)nc(Cl)nc32)cc1. The van der Waals surface area contributed by atoms with Crippen molar-refractivity contribution >= 4 is 27.4 Å². The first kappa shape index (κ1) is 17.7. The van der Waals surface area contributed by atoms with Crippen LogP contribution in [0.15, 0.2) is 52.0 Å². The molecule has 1 aliphatic heterocycles. The lowest BCUT2D eigenvalue weighted by molar-refractivity contribution is 0.0382. The molecule has 4 rings (SSSR count). The van der Waals surface area contributed by atoms with Gasteiger partial charge in [0, 0.05) is 12.7 Å². The summed E-state index contributed by atoms with van der Waals surface area (Å²) < 4.78 is 33.9. The Morgan fingerprint density at radius 2 is 1.89 bits per heavy atom. The summed E-state index contributed by atoms with van der Waals surface area (Å²) in [5, 5.41) is -0.0177. The van der Waals surface area contributed by atoms with Gasteiger partial charge < -0.3 is 9.15 Å². The number of sulfone groups is 1. The number of hydrogen-bond donors (Lipinski definition) is 0. The molecule has 138 valence electrons. The Morgan fingerprint density at radius 3 is 2.52 bits per heavy atom. The average Bonchev–Trinajstić information content (AvgIpc) is 3.23. The van der Waals surface area contributed by atoms with Crippen LogP contribution in [-0.4, -0.2) is 30.6 Å². The fourth-order valence-electron chi connectivity index (χ4n) is 2.94. The van der Waals surface area contributed by atoms with Crippen molar-refractivity contribution in [3.05, 3.63) is 64.8 Å². The van der Waals surface area contributed by atoms with E-state index in [4.69, 9.17) is 20.8 Å². The molecular weight excluding hydrogens is 392 g/mol. The second kappa shape index (κ2) is 6.47. The molecule has 0 N–H and O–H groups in total. The average molecular weight is 405 g/mol. The lowest BCUT2D eigenvalue weighted by Gasteiger charge is -2.10. The Bertz CT molecular complexity index is 1130. The number of aromatic nitrogens is 2. The topological polar surface area (TPSA) is 99.4 Å². The number of rotatable bonds is 4. The van der Waals surface area contributed by atoms with E-state index in [0.717, 1.165) is 11.8 Å². The largest absolute Gasteiger partial charge is 0.463 e. The monoisotopic (exact) mass is 404 g/mol. The summed E-state index contributed by atoms with van der Waals surface area (Å²) in [5.41, 5.74) is 1.70. The minimum absolute atomic E-state index is 0.0177. The van der Waals surface area contributed by atoms with Crippen molar-refractivity contribution in [1.29, 1.82) is 0 Å². The first-order valence-electron chi connectivity index (χ1n) is 7.94. The van der Waals surface area contributed by atoms with Gasteiger partial charge in [0.15, 0.2) is 15.6 Å². The van der Waals surface area contributed by atoms with Gasteiger partial charge in [-0.1, -0.05) is 12.1 Å². The van der Waals surface area contributed by atoms with Crippen LogP contribution in [0, 0.1) is 0 Å². The van der Waals surface area contributed by atoms with E-state index in [2.05, 4.69) is 9.97 Å². The van der Waals surface area contributed by atoms with E-state index in [1.807, 2.05) is 0 Å². The second-order valence-corrected chi connectivity index (χ2v) is 8.45. The molecular formula is C18H13ClN2O5S. The highest BCUT2D eigenvalue weighted by molar-refractivity contribution is 7.90. The summed E-state index contributed by atoms with van der Waals surface area (Å²) in [7, 11) is -3.27. The van der Waals surface area contributed by atoms with Gasteiger partial charge >= 0.3 is 5.97 Å². The maximum absolute atomic E-state index is 12.4. The van der Waals surface area contributed by atoms with Gasteiger partial charge in [-0.3, -0.25) is 0 Å². The number of furan rings is 1. The molecule has 0 radical (unpaired) electrons. The summed E-state index contributed by atoms with van der Waals surface area (Å²) in [5.74, 6) is -0.156. The highest BCUT2D eigenvalue weighted by Gasteiger charge is 2.37. The molecule has 1 atom stereocenters. The Kier molecular flexibility index (Phi) is 4.24. The van der Waals surface area contributed by atoms with Gasteiger partial charge in [0.2, 0.25) is 5.28 Å². The minimum Gasteiger partial charge on any atom is -0.463 e. The van der Waals surface area contributed by atoms with Crippen LogP contribution in [0.25, 0.3) is 11.5 Å². The number of fused-ring (bicyclic) bond motifs is 1. The van der Waals surface area contributed by atoms with E-state index in [1.54, 1.807) is 24.3 Å². The summed E-state index contributed by atoms with van der Waals surface area (Å²) in [6, 6.07) is 9.74. The van der Waals surface area contributed by atoms with Crippen LogP contribution in [-0.2, 0) is 21.0 Å². The number of halogens is 1. The molecule has 3 heterocycles. The number of cyclic esters (lactones) is 1. The van der Waals surface area contributed by atoms with Crippen molar-refractivity contribution < 1.29 is 22.4 Å². The van der Waals surface area contributed by atoms with Gasteiger partial charge in [-0.15, -0.1) is 0 Å². The standard InChI is InChI=1S/C18H13ClN2O5S/c1-27(23,24)11-6-4-10(5-7-11)9-13-16-14(17(22)26-13)15(20-18(19)21-16)12-3-2-8-25-12/h2-8,13H,9H2,1H3. The predicted molar refractivity (Wildman–Crippen MR) is 96.2 cm³/mol. The summed E-state index contributed by atoms with van der Waals surface area (Å²) in [6.45, 7) is 0. The lowest BCUT2D eigenvalue weighted by Crippen LogP contribution is -2.05. The smallest absolute Gasteiger partial charge is 0.343 e. The van der Waals surface area contributed by atoms with Crippen LogP contribution < -0.4 is 0 Å². The zero-order valence-corrected chi connectivity index (χ0v) is 15.6. The van der Waals surface area contributed by atoms with Gasteiger partial charge in [-0.05, 0) is 41.4 Å². The number of carbonyl (C=O) groups excluding carboxylic acids is 1. The fraction of sp³-hybridized carbons (Fsp3) is 0.167. The number of benzene rings is 1. The molecule has 0 fully saturated rings. The first-order chi connectivity index (χ1) is 12.8. The predicted octanol–water partition coefficient (Wildman–Crippen LogP) is 3.25. The van der Waals surface area contributed by atoms with Crippen molar-refractivity contribution in [2.45, 2.75) is 17.4 Å². The van der Waals surface area contributed by atoms with Crippen molar-refractivity contribution in [1.82, 2.24) is 9.97 Å². The number of ether oxygens (including phenoxy) is 1. The molecule has 2 aromatic heterocycles. The molecule has 1 aromatic carbocycles. The second-order valence-electron chi connectivity index (χ2n) is 6.09. The molecule has 9 heteroatoms. The minimum atomic E-state index is -3.27. The lowest BCUT2D eigenvalue weighted by atomic mass is 10.0. The number of hydrogen-bond acceptors (Lipinski definition) is 7. The van der Waals surface area contributed by atoms with E-state index >= 15 is 0 Å². The molecule has 1 unspecified atom stereocenters. The van der Waals surface area contributed by atoms with Crippen molar-refractivity contribution in [2.24, 2.45) is 0 Å². The zero-order valence-electron chi connectivity index (χ0n) is 14.0. The Hall–Kier alpha value is -2.71. The molecule has 1 aliphatic rings. The molecule has 3 aromatic rings. The van der Waals surface area contributed by atoms with Gasteiger partial charge in [-0.25, -0.2) is 23.2 Å². The third kappa shape index (κ3) is 3.33. The molecule has 27 heavy (non-hydrogen) atoms. The Morgan fingerprint density at radius 1 is 1.15 bits per heavy atom. The van der Waals surface area contributed by atoms with Crippen LogP contribution in [0.1, 0.15) is 27.7 Å². The van der Waals surface area contributed by atoms with Crippen molar-refractivity contribution in [3.8, 4) is 11.5 Å². The summed E-state index contributed by atoms with van der Waals surface area (Å²) >= 11 is 6.03. The van der Waals surface area contributed by atoms with Crippen LogP contribution in [0.2, 0.25) is 5.28 Å². The van der Waals surface area contributed by atoms with E-state index in [0.29, 0.717) is 17.9 Å². The maximum atomic E-state index is 12.4. The number of carbonyl (C=O) groups is 1. The highest BCUT2D eigenvalue weighted by Crippen LogP contribution is 2.37. The highest BCUT2D eigenvalue weighted by atomic mass is 35.5. The van der Waals surface area contributed by atoms with Gasteiger partial charge in [0.05, 0.1) is 11.2 Å². The number of esters is 1. The normalized spacial score (nSPS) is 16.2. The molecule has 0 amide bonds. The fourth-order valence-corrected chi connectivity index (χ4v) is 3.75. The van der Waals surface area contributed by atoms with E-state index < -0.39 is 21.9 Å². The molecule has 0 bridgehead atoms. The van der Waals surface area contributed by atoms with Gasteiger partial charge in [0.1, 0.15) is 23.1 Å². The first-order valence-corrected chi connectivity index (χ1v) is 10.2. The molecule has 7 nitrogen and oxygen atoms in total. The van der Waals surface area contributed by atoms with E-state index in [1.165, 1.54) is 18.4 Å². The summed E-state index contributed by atoms with van der Waals surface area (Å²) in [4.78, 5) is 20.9. The Balaban J connectivity index is 1.70. The third-order valence-corrected chi connectivity index (χ3v) is 5.49. The van der Waals surface area contributed by atoms with Crippen molar-refractivity contribution in [3.63, 3.8) is 0 Å². The molecule has 0 saturated carbocycles. The van der Waals surface area contributed by atoms with E-state index in [-0.39, 0.29) is 21.4 Å². The number of nitrogens with zero attached hydrogens (tertiary/aromatic N) is 2. The molecule has 0 spiro atoms. The van der Waals surface area contributed by atoms with Gasteiger partial charge in [0.25, 0.3) is 0 Å². The van der Waals surface area contributed by atoms with Crippen LogP contribution >= 0.6 is 11.6 Å². The van der Waals surface area contributed by atoms with Crippen LogP contribution in [0.5, 0.6) is 0 Å². The molecule has 0 aliphatic carbocycles. The molecule has 0 saturated heterocycles. The van der Waals surface area contributed by atoms with E-state index in [9.17, 15) is 13.2 Å². The van der Waals surface area contributed by atoms with Gasteiger partial charge in [-0.2, -0.15) is 0 Å². The zero-order chi connectivity index (χ0) is 19.2. The summed E-state index contributed by atoms with van der Waals surface area (Å²) in [6.07, 6.45) is 2.30. The van der Waals surface area contributed by atoms with Crippen LogP contribution in [0.3, 0.4) is 0 Å². The third-order valence-electron chi connectivity index (χ3n) is 4.20. The Labute approximate surface area is 159 Å².